The van der Waals surface area contributed by atoms with Crippen molar-refractivity contribution in [1.82, 2.24) is 0 Å². The van der Waals surface area contributed by atoms with E-state index in [0.29, 0.717) is 0 Å². The number of unbranched alkanes of at least 4 members (excludes halogenated alkanes) is 2. The van der Waals surface area contributed by atoms with Crippen LogP contribution in [0.4, 0.5) is 0 Å². The van der Waals surface area contributed by atoms with E-state index in [9.17, 15) is 9.79 Å². The molecule has 1 aromatic carbocycles. The second-order valence-corrected chi connectivity index (χ2v) is 10.3. The second-order valence-electron chi connectivity index (χ2n) is 4.64. The first-order valence-electron chi connectivity index (χ1n) is 6.80. The van der Waals surface area contributed by atoms with Gasteiger partial charge in [-0.05, 0) is 42.9 Å². The van der Waals surface area contributed by atoms with Crippen LogP contribution in [0.1, 0.15) is 50.7 Å². The molecule has 0 radical (unpaired) electrons. The minimum absolute atomic E-state index is 0. The predicted octanol–water partition coefficient (Wildman–Crippen LogP) is 3.41. The Kier molecular flexibility index (Phi) is 10.9. The van der Waals surface area contributed by atoms with E-state index in [0.717, 1.165) is 54.8 Å². The van der Waals surface area contributed by atoms with Gasteiger partial charge in [0.2, 0.25) is 0 Å². The molecule has 0 saturated carbocycles. The van der Waals surface area contributed by atoms with Crippen LogP contribution in [-0.2, 0) is 44.1 Å². The van der Waals surface area contributed by atoms with Gasteiger partial charge in [0.25, 0.3) is 0 Å². The number of hydrogen-bond acceptors (Lipinski definition) is 4. The number of rotatable bonds is 8. The molecule has 0 spiro atoms. The van der Waals surface area contributed by atoms with Crippen molar-refractivity contribution in [3.63, 3.8) is 0 Å². The molecule has 0 aliphatic carbocycles. The van der Waals surface area contributed by atoms with Crippen LogP contribution < -0.4 is 9.79 Å². The van der Waals surface area contributed by atoms with Gasteiger partial charge in [0, 0.05) is 4.90 Å². The van der Waals surface area contributed by atoms with E-state index in [-0.39, 0.29) is 19.5 Å². The molecule has 0 unspecified atom stereocenters. The smallest absolute Gasteiger partial charge is 0.824 e. The van der Waals surface area contributed by atoms with Gasteiger partial charge >= 0.3 is 19.5 Å². The molecule has 0 amide bonds. The molecular weight excluding hydrogens is 361 g/mol. The predicted molar refractivity (Wildman–Crippen MR) is 83.8 cm³/mol. The fraction of sp³-hybridized carbons (Fsp3) is 0.571. The van der Waals surface area contributed by atoms with Gasteiger partial charge in [-0.2, -0.15) is 5.69 Å². The number of aryl methyl sites for hydroxylation is 1. The quantitative estimate of drug-likeness (QED) is 0.511. The Labute approximate surface area is 144 Å². The third-order valence-electron chi connectivity index (χ3n) is 3.02. The van der Waals surface area contributed by atoms with E-state index >= 15 is 0 Å². The Morgan fingerprint density at radius 2 is 1.70 bits per heavy atom. The maximum atomic E-state index is 11.4. The summed E-state index contributed by atoms with van der Waals surface area (Å²) in [6.07, 6.45) is 6.42. The Balaban J connectivity index is 0.00000361. The van der Waals surface area contributed by atoms with E-state index in [2.05, 4.69) is 31.7 Å². The van der Waals surface area contributed by atoms with Gasteiger partial charge in [-0.25, -0.2) is 0 Å². The molecule has 0 heterocycles. The number of benzene rings is 1. The summed E-state index contributed by atoms with van der Waals surface area (Å²) in [6.45, 7) is 4.31. The van der Waals surface area contributed by atoms with Crippen LogP contribution >= 0.6 is 17.1 Å². The van der Waals surface area contributed by atoms with Gasteiger partial charge < -0.3 is 9.79 Å². The molecule has 0 fully saturated rings. The summed E-state index contributed by atoms with van der Waals surface area (Å²) in [5.74, 6) is 0. The van der Waals surface area contributed by atoms with Crippen molar-refractivity contribution in [2.45, 2.75) is 57.3 Å². The van der Waals surface area contributed by atoms with Crippen molar-refractivity contribution >= 4 is 28.9 Å². The normalized spacial score (nSPS) is 11.2. The summed E-state index contributed by atoms with van der Waals surface area (Å²) >= 11 is 5.37. The maximum absolute atomic E-state index is 11.4. The van der Waals surface area contributed by atoms with Crippen LogP contribution in [0.2, 0.25) is 0 Å². The molecule has 0 saturated heterocycles. The molecule has 0 aliphatic rings. The Bertz CT molecular complexity index is 449. The summed E-state index contributed by atoms with van der Waals surface area (Å²) in [5, 5.41) is 0. The average Bonchev–Trinajstić information content (AvgIpc) is 2.33. The Morgan fingerprint density at radius 1 is 1.10 bits per heavy atom. The zero-order chi connectivity index (χ0) is 14.3. The van der Waals surface area contributed by atoms with Crippen LogP contribution in [0.3, 0.4) is 0 Å². The van der Waals surface area contributed by atoms with Crippen LogP contribution in [0.25, 0.3) is 0 Å². The van der Waals surface area contributed by atoms with Crippen LogP contribution in [0.15, 0.2) is 23.1 Å². The van der Waals surface area contributed by atoms with Crippen molar-refractivity contribution in [1.29, 1.82) is 0 Å². The zero-order valence-electron chi connectivity index (χ0n) is 12.3. The molecule has 0 aliphatic heterocycles. The van der Waals surface area contributed by atoms with Gasteiger partial charge in [0.15, 0.2) is 0 Å². The topological polar surface area (TPSA) is 46.1 Å². The monoisotopic (exact) mass is 380 g/mol. The SMILES string of the molecule is CCCCc1cccc(SP([O-])([O-])=S)c1CCCC.[Zn+2]. The minimum Gasteiger partial charge on any atom is -0.824 e. The Morgan fingerprint density at radius 3 is 2.25 bits per heavy atom. The van der Waals surface area contributed by atoms with E-state index in [1.54, 1.807) is 0 Å². The van der Waals surface area contributed by atoms with Crippen molar-refractivity contribution in [2.75, 3.05) is 0 Å². The maximum Gasteiger partial charge on any atom is 2.00 e. The van der Waals surface area contributed by atoms with Crippen LogP contribution in [0.5, 0.6) is 0 Å². The van der Waals surface area contributed by atoms with Crippen molar-refractivity contribution in [3.8, 4) is 0 Å². The fourth-order valence-corrected chi connectivity index (χ4v) is 4.74. The zero-order valence-corrected chi connectivity index (χ0v) is 17.8. The molecule has 108 valence electrons. The van der Waals surface area contributed by atoms with E-state index in [1.807, 2.05) is 12.1 Å². The van der Waals surface area contributed by atoms with Gasteiger partial charge in [0.05, 0.1) is 0 Å². The largest absolute Gasteiger partial charge is 2.00 e. The molecule has 0 aromatic heterocycles. The molecule has 1 aromatic rings. The third-order valence-corrected chi connectivity index (χ3v) is 5.75. The Hall–Kier alpha value is 0.763. The van der Waals surface area contributed by atoms with Gasteiger partial charge in [-0.3, -0.25) is 0 Å². The van der Waals surface area contributed by atoms with Crippen molar-refractivity contribution in [2.24, 2.45) is 0 Å². The first-order chi connectivity index (χ1) is 8.98. The van der Waals surface area contributed by atoms with Crippen LogP contribution in [0, 0.1) is 0 Å². The first-order valence-corrected chi connectivity index (χ1v) is 10.9. The van der Waals surface area contributed by atoms with Crippen LogP contribution in [-0.4, -0.2) is 0 Å². The summed E-state index contributed by atoms with van der Waals surface area (Å²) in [4.78, 5) is 23.5. The summed E-state index contributed by atoms with van der Waals surface area (Å²) in [5.41, 5.74) is -1.28. The molecular formula is C14H21O2PS2Zn. The molecule has 6 heteroatoms. The molecule has 0 N–H and O–H groups in total. The number of hydrogen-bond donors (Lipinski definition) is 0. The van der Waals surface area contributed by atoms with Crippen molar-refractivity contribution < 1.29 is 29.3 Å². The molecule has 0 atom stereocenters. The third kappa shape index (κ3) is 7.68. The summed E-state index contributed by atoms with van der Waals surface area (Å²) < 4.78 is 0. The van der Waals surface area contributed by atoms with Crippen molar-refractivity contribution in [3.05, 3.63) is 29.3 Å². The minimum atomic E-state index is -3.74. The van der Waals surface area contributed by atoms with E-state index in [1.165, 1.54) is 11.1 Å². The van der Waals surface area contributed by atoms with E-state index < -0.39 is 5.69 Å². The second kappa shape index (κ2) is 10.5. The first kappa shape index (κ1) is 20.8. The van der Waals surface area contributed by atoms with Gasteiger partial charge in [0.1, 0.15) is 0 Å². The molecule has 20 heavy (non-hydrogen) atoms. The average molecular weight is 382 g/mol. The standard InChI is InChI=1S/C14H23O2PS2.Zn/c1-3-5-8-12-9-7-11-14(19-17(15,16)18)13(12)10-6-4-2;/h7,9,11H,3-6,8,10H2,1-2H3,(H2,15,16,18);/q;+2/p-2. The molecule has 2 nitrogen and oxygen atoms in total. The van der Waals surface area contributed by atoms with E-state index in [4.69, 9.17) is 0 Å². The summed E-state index contributed by atoms with van der Waals surface area (Å²) in [6, 6.07) is 5.93. The van der Waals surface area contributed by atoms with Gasteiger partial charge in [-0.1, -0.05) is 38.8 Å². The molecule has 0 bridgehead atoms. The fourth-order valence-electron chi connectivity index (χ4n) is 2.06. The molecule has 1 rings (SSSR count). The summed E-state index contributed by atoms with van der Waals surface area (Å²) in [7, 11) is 0. The van der Waals surface area contributed by atoms with Gasteiger partial charge in [-0.15, -0.1) is 23.2 Å².